The average molecular weight is 403 g/mol. The Kier molecular flexibility index (Phi) is 4.21. The molecule has 0 unspecified atom stereocenters. The summed E-state index contributed by atoms with van der Waals surface area (Å²) in [6, 6.07) is 16.7. The number of carbonyl (C=O) groups is 1. The van der Waals surface area contributed by atoms with Crippen LogP contribution in [-0.2, 0) is 0 Å². The van der Waals surface area contributed by atoms with Gasteiger partial charge >= 0.3 is 0 Å². The van der Waals surface area contributed by atoms with Gasteiger partial charge in [-0.05, 0) is 60.7 Å². The molecule has 7 heteroatoms. The second-order valence-corrected chi connectivity index (χ2v) is 6.71. The fourth-order valence-electron chi connectivity index (χ4n) is 3.23. The van der Waals surface area contributed by atoms with E-state index in [1.54, 1.807) is 48.5 Å². The summed E-state index contributed by atoms with van der Waals surface area (Å²) >= 11 is 0. The molecule has 1 aromatic heterocycles. The third kappa shape index (κ3) is 3.26. The zero-order chi connectivity index (χ0) is 20.7. The van der Waals surface area contributed by atoms with Crippen molar-refractivity contribution >= 4 is 22.6 Å². The molecule has 2 heterocycles. The molecule has 1 aliphatic heterocycles. The van der Waals surface area contributed by atoms with Crippen molar-refractivity contribution in [3.63, 3.8) is 0 Å². The first-order chi connectivity index (χ1) is 14.6. The van der Waals surface area contributed by atoms with Crippen molar-refractivity contribution in [2.75, 3.05) is 12.1 Å². The minimum atomic E-state index is -0.371. The fraction of sp³-hybridized carbons (Fsp3) is 0.0435. The first-order valence-corrected chi connectivity index (χ1v) is 9.12. The Morgan fingerprint density at radius 3 is 2.53 bits per heavy atom. The first kappa shape index (κ1) is 17.9. The van der Waals surface area contributed by atoms with Crippen molar-refractivity contribution in [3.05, 3.63) is 88.3 Å². The maximum atomic E-state index is 13.1. The van der Waals surface area contributed by atoms with E-state index < -0.39 is 0 Å². The Labute approximate surface area is 169 Å². The van der Waals surface area contributed by atoms with Crippen molar-refractivity contribution in [1.29, 1.82) is 0 Å². The lowest BCUT2D eigenvalue weighted by molar-refractivity contribution is 0.102. The Hall–Kier alpha value is -4.13. The number of carbonyl (C=O) groups excluding carboxylic acids is 1. The van der Waals surface area contributed by atoms with Crippen molar-refractivity contribution in [2.45, 2.75) is 0 Å². The summed E-state index contributed by atoms with van der Waals surface area (Å²) in [5, 5.41) is 3.09. The molecule has 1 N–H and O–H groups in total. The van der Waals surface area contributed by atoms with Crippen LogP contribution in [0.5, 0.6) is 11.5 Å². The molecule has 0 saturated carbocycles. The smallest absolute Gasteiger partial charge is 0.255 e. The molecule has 0 saturated heterocycles. The van der Waals surface area contributed by atoms with E-state index in [4.69, 9.17) is 13.9 Å². The Balaban J connectivity index is 1.44. The molecule has 4 aromatic rings. The van der Waals surface area contributed by atoms with Crippen LogP contribution in [0.3, 0.4) is 0 Å². The highest BCUT2D eigenvalue weighted by Crippen LogP contribution is 2.32. The first-order valence-electron chi connectivity index (χ1n) is 9.12. The molecule has 30 heavy (non-hydrogen) atoms. The van der Waals surface area contributed by atoms with Crippen LogP contribution in [0.1, 0.15) is 10.4 Å². The molecule has 3 aromatic carbocycles. The predicted octanol–water partition coefficient (Wildman–Crippen LogP) is 4.58. The quantitative estimate of drug-likeness (QED) is 0.542. The van der Waals surface area contributed by atoms with E-state index in [9.17, 15) is 14.0 Å². The van der Waals surface area contributed by atoms with Crippen molar-refractivity contribution in [1.82, 2.24) is 0 Å². The van der Waals surface area contributed by atoms with Crippen molar-refractivity contribution in [3.8, 4) is 22.8 Å². The van der Waals surface area contributed by atoms with Gasteiger partial charge in [0.2, 0.25) is 6.79 Å². The van der Waals surface area contributed by atoms with Crippen LogP contribution >= 0.6 is 0 Å². The molecule has 1 amide bonds. The van der Waals surface area contributed by atoms with Crippen LogP contribution in [0.15, 0.2) is 75.9 Å². The SMILES string of the molecule is O=C(Nc1ccc2oc(-c3ccc(F)cc3)cc(=O)c2c1)c1ccc2c(c1)OCO2. The van der Waals surface area contributed by atoms with Crippen LogP contribution < -0.4 is 20.2 Å². The van der Waals surface area contributed by atoms with Gasteiger partial charge in [0, 0.05) is 22.9 Å². The summed E-state index contributed by atoms with van der Waals surface area (Å²) in [6.45, 7) is 0.126. The van der Waals surface area contributed by atoms with Crippen LogP contribution in [0.2, 0.25) is 0 Å². The second kappa shape index (κ2) is 7.04. The number of ether oxygens (including phenoxy) is 2. The monoisotopic (exact) mass is 403 g/mol. The van der Waals surface area contributed by atoms with E-state index in [-0.39, 0.29) is 23.9 Å². The van der Waals surface area contributed by atoms with Crippen LogP contribution in [0, 0.1) is 5.82 Å². The number of benzene rings is 3. The summed E-state index contributed by atoms with van der Waals surface area (Å²) in [7, 11) is 0. The molecule has 0 spiro atoms. The zero-order valence-corrected chi connectivity index (χ0v) is 15.5. The van der Waals surface area contributed by atoms with E-state index in [0.717, 1.165) is 0 Å². The van der Waals surface area contributed by atoms with E-state index in [0.29, 0.717) is 45.0 Å². The van der Waals surface area contributed by atoms with Crippen LogP contribution in [0.25, 0.3) is 22.3 Å². The molecule has 0 bridgehead atoms. The Morgan fingerprint density at radius 1 is 0.900 bits per heavy atom. The highest BCUT2D eigenvalue weighted by atomic mass is 19.1. The topological polar surface area (TPSA) is 77.8 Å². The number of fused-ring (bicyclic) bond motifs is 2. The van der Waals surface area contributed by atoms with E-state index in [2.05, 4.69) is 5.32 Å². The van der Waals surface area contributed by atoms with Gasteiger partial charge in [-0.1, -0.05) is 0 Å². The lowest BCUT2D eigenvalue weighted by Crippen LogP contribution is -2.12. The standard InChI is InChI=1S/C23H14FNO5/c24-15-4-1-13(2-5-15)21-11-18(26)17-10-16(6-8-19(17)30-21)25-23(27)14-3-7-20-22(9-14)29-12-28-20/h1-11H,12H2,(H,25,27). The predicted molar refractivity (Wildman–Crippen MR) is 108 cm³/mol. The third-order valence-corrected chi connectivity index (χ3v) is 4.75. The Bertz CT molecular complexity index is 1340. The normalized spacial score (nSPS) is 12.2. The minimum absolute atomic E-state index is 0.126. The Morgan fingerprint density at radius 2 is 1.70 bits per heavy atom. The van der Waals surface area contributed by atoms with Crippen LogP contribution in [-0.4, -0.2) is 12.7 Å². The summed E-state index contributed by atoms with van der Waals surface area (Å²) in [5.74, 6) is 0.719. The van der Waals surface area contributed by atoms with Gasteiger partial charge in [-0.2, -0.15) is 0 Å². The number of halogens is 1. The molecule has 0 radical (unpaired) electrons. The molecule has 0 fully saturated rings. The van der Waals surface area contributed by atoms with E-state index in [1.807, 2.05) is 0 Å². The third-order valence-electron chi connectivity index (χ3n) is 4.75. The maximum Gasteiger partial charge on any atom is 0.255 e. The van der Waals surface area contributed by atoms with E-state index in [1.165, 1.54) is 18.2 Å². The van der Waals surface area contributed by atoms with Crippen LogP contribution in [0.4, 0.5) is 10.1 Å². The second-order valence-electron chi connectivity index (χ2n) is 6.71. The highest BCUT2D eigenvalue weighted by Gasteiger charge is 2.17. The maximum absolute atomic E-state index is 13.1. The lowest BCUT2D eigenvalue weighted by atomic mass is 10.1. The van der Waals surface area contributed by atoms with Gasteiger partial charge in [0.15, 0.2) is 16.9 Å². The number of hydrogen-bond donors (Lipinski definition) is 1. The number of nitrogens with one attached hydrogen (secondary N) is 1. The summed E-state index contributed by atoms with van der Waals surface area (Å²) in [4.78, 5) is 25.2. The fourth-order valence-corrected chi connectivity index (χ4v) is 3.23. The van der Waals surface area contributed by atoms with Gasteiger partial charge in [-0.15, -0.1) is 0 Å². The van der Waals surface area contributed by atoms with E-state index >= 15 is 0 Å². The number of amides is 1. The minimum Gasteiger partial charge on any atom is -0.456 e. The molecule has 148 valence electrons. The summed E-state index contributed by atoms with van der Waals surface area (Å²) in [5.41, 5.74) is 1.54. The van der Waals surface area contributed by atoms with Crippen molar-refractivity contribution < 1.29 is 23.1 Å². The van der Waals surface area contributed by atoms with Gasteiger partial charge in [-0.3, -0.25) is 9.59 Å². The molecule has 6 nitrogen and oxygen atoms in total. The van der Waals surface area contributed by atoms with Gasteiger partial charge in [0.05, 0.1) is 5.39 Å². The van der Waals surface area contributed by atoms with Gasteiger partial charge in [0.25, 0.3) is 5.91 Å². The lowest BCUT2D eigenvalue weighted by Gasteiger charge is -2.08. The van der Waals surface area contributed by atoms with Crippen molar-refractivity contribution in [2.24, 2.45) is 0 Å². The molecule has 1 aliphatic rings. The average Bonchev–Trinajstić information content (AvgIpc) is 3.22. The van der Waals surface area contributed by atoms with Gasteiger partial charge in [-0.25, -0.2) is 4.39 Å². The summed E-state index contributed by atoms with van der Waals surface area (Å²) < 4.78 is 29.5. The highest BCUT2D eigenvalue weighted by molar-refractivity contribution is 6.05. The number of hydrogen-bond acceptors (Lipinski definition) is 5. The molecular weight excluding hydrogens is 389 g/mol. The molecular formula is C23H14FNO5. The zero-order valence-electron chi connectivity index (χ0n) is 15.5. The number of anilines is 1. The molecule has 5 rings (SSSR count). The molecule has 0 atom stereocenters. The largest absolute Gasteiger partial charge is 0.456 e. The number of rotatable bonds is 3. The van der Waals surface area contributed by atoms with Gasteiger partial charge < -0.3 is 19.2 Å². The molecule has 0 aliphatic carbocycles. The summed E-state index contributed by atoms with van der Waals surface area (Å²) in [6.07, 6.45) is 0. The van der Waals surface area contributed by atoms with Gasteiger partial charge in [0.1, 0.15) is 17.2 Å².